The van der Waals surface area contributed by atoms with Crippen LogP contribution in [0.5, 0.6) is 0 Å². The van der Waals surface area contributed by atoms with E-state index in [0.717, 1.165) is 11.3 Å². The van der Waals surface area contributed by atoms with E-state index in [0.29, 0.717) is 18.0 Å². The van der Waals surface area contributed by atoms with E-state index in [4.69, 9.17) is 0 Å². The molecule has 0 saturated carbocycles. The van der Waals surface area contributed by atoms with Crippen molar-refractivity contribution >= 4 is 21.8 Å². The number of thioether (sulfide) groups is 1. The molecule has 4 nitrogen and oxygen atoms in total. The molecule has 1 N–H and O–H groups in total. The number of benzene rings is 1. The SMILES string of the molecule is CNCc1ccccc1S(=O)(=O)N(C)CCSC. The topological polar surface area (TPSA) is 49.4 Å². The second-order valence-corrected chi connectivity index (χ2v) is 6.96. The number of nitrogens with zero attached hydrogens (tertiary/aromatic N) is 1. The van der Waals surface area contributed by atoms with Crippen LogP contribution in [0.15, 0.2) is 29.2 Å². The van der Waals surface area contributed by atoms with Crippen molar-refractivity contribution in [2.75, 3.05) is 32.6 Å². The quantitative estimate of drug-likeness (QED) is 0.824. The molecule has 1 rings (SSSR count). The highest BCUT2D eigenvalue weighted by molar-refractivity contribution is 7.98. The maximum atomic E-state index is 12.4. The molecule has 0 fully saturated rings. The van der Waals surface area contributed by atoms with Crippen molar-refractivity contribution < 1.29 is 8.42 Å². The number of hydrogen-bond acceptors (Lipinski definition) is 4. The highest BCUT2D eigenvalue weighted by Crippen LogP contribution is 2.19. The maximum Gasteiger partial charge on any atom is 0.243 e. The fourth-order valence-corrected chi connectivity index (χ4v) is 3.56. The third-order valence-corrected chi connectivity index (χ3v) is 5.19. The molecule has 102 valence electrons. The van der Waals surface area contributed by atoms with Crippen LogP contribution in [-0.4, -0.2) is 45.4 Å². The van der Waals surface area contributed by atoms with Gasteiger partial charge in [-0.1, -0.05) is 18.2 Å². The second-order valence-electron chi connectivity index (χ2n) is 3.96. The van der Waals surface area contributed by atoms with Crippen molar-refractivity contribution in [3.8, 4) is 0 Å². The van der Waals surface area contributed by atoms with E-state index >= 15 is 0 Å². The van der Waals surface area contributed by atoms with E-state index in [-0.39, 0.29) is 0 Å². The predicted octanol–water partition coefficient (Wildman–Crippen LogP) is 1.39. The first kappa shape index (κ1) is 15.5. The lowest BCUT2D eigenvalue weighted by Gasteiger charge is -2.18. The molecule has 0 aliphatic rings. The van der Waals surface area contributed by atoms with Crippen molar-refractivity contribution in [1.29, 1.82) is 0 Å². The van der Waals surface area contributed by atoms with Gasteiger partial charge in [0.1, 0.15) is 0 Å². The van der Waals surface area contributed by atoms with E-state index in [1.54, 1.807) is 38.0 Å². The Bertz CT molecular complexity index is 475. The Morgan fingerprint density at radius 1 is 1.33 bits per heavy atom. The van der Waals surface area contributed by atoms with Gasteiger partial charge in [-0.05, 0) is 24.9 Å². The van der Waals surface area contributed by atoms with Gasteiger partial charge in [0, 0.05) is 25.9 Å². The largest absolute Gasteiger partial charge is 0.316 e. The third kappa shape index (κ3) is 3.71. The average Bonchev–Trinajstić information content (AvgIpc) is 2.36. The summed E-state index contributed by atoms with van der Waals surface area (Å²) in [5.74, 6) is 0.796. The van der Waals surface area contributed by atoms with E-state index in [1.807, 2.05) is 18.4 Å². The van der Waals surface area contributed by atoms with Gasteiger partial charge in [0.05, 0.1) is 4.90 Å². The lowest BCUT2D eigenvalue weighted by atomic mass is 10.2. The average molecular weight is 288 g/mol. The van der Waals surface area contributed by atoms with Gasteiger partial charge in [0.15, 0.2) is 0 Å². The van der Waals surface area contributed by atoms with Crippen LogP contribution >= 0.6 is 11.8 Å². The maximum absolute atomic E-state index is 12.4. The van der Waals surface area contributed by atoms with E-state index in [1.165, 1.54) is 4.31 Å². The molecule has 0 unspecified atom stereocenters. The molecule has 0 heterocycles. The van der Waals surface area contributed by atoms with Crippen molar-refractivity contribution in [2.45, 2.75) is 11.4 Å². The lowest BCUT2D eigenvalue weighted by Crippen LogP contribution is -2.30. The van der Waals surface area contributed by atoms with Crippen LogP contribution in [-0.2, 0) is 16.6 Å². The fraction of sp³-hybridized carbons (Fsp3) is 0.500. The molecule has 0 radical (unpaired) electrons. The lowest BCUT2D eigenvalue weighted by molar-refractivity contribution is 0.487. The van der Waals surface area contributed by atoms with Gasteiger partial charge in [-0.2, -0.15) is 11.8 Å². The first-order valence-corrected chi connectivity index (χ1v) is 8.55. The molecule has 0 amide bonds. The van der Waals surface area contributed by atoms with Crippen molar-refractivity contribution in [2.24, 2.45) is 0 Å². The molecule has 1 aromatic rings. The zero-order chi connectivity index (χ0) is 13.6. The minimum Gasteiger partial charge on any atom is -0.316 e. The molecular formula is C12H20N2O2S2. The molecule has 6 heteroatoms. The number of hydrogen-bond donors (Lipinski definition) is 1. The molecule has 0 bridgehead atoms. The van der Waals surface area contributed by atoms with Crippen LogP contribution in [0.2, 0.25) is 0 Å². The van der Waals surface area contributed by atoms with Gasteiger partial charge < -0.3 is 5.32 Å². The standard InChI is InChI=1S/C12H20N2O2S2/c1-13-10-11-6-4-5-7-12(11)18(15,16)14(2)8-9-17-3/h4-7,13H,8-10H2,1-3H3. The summed E-state index contributed by atoms with van der Waals surface area (Å²) in [6.45, 7) is 1.07. The third-order valence-electron chi connectivity index (χ3n) is 2.64. The summed E-state index contributed by atoms with van der Waals surface area (Å²) < 4.78 is 26.3. The van der Waals surface area contributed by atoms with E-state index < -0.39 is 10.0 Å². The molecule has 1 aromatic carbocycles. The molecule has 0 aliphatic heterocycles. The molecular weight excluding hydrogens is 268 g/mol. The van der Waals surface area contributed by atoms with E-state index in [9.17, 15) is 8.42 Å². The van der Waals surface area contributed by atoms with Crippen LogP contribution in [0, 0.1) is 0 Å². The summed E-state index contributed by atoms with van der Waals surface area (Å²) in [6.07, 6.45) is 1.97. The van der Waals surface area contributed by atoms with E-state index in [2.05, 4.69) is 5.32 Å². The van der Waals surface area contributed by atoms with Gasteiger partial charge in [0.25, 0.3) is 0 Å². The molecule has 0 atom stereocenters. The summed E-state index contributed by atoms with van der Waals surface area (Å²) >= 11 is 1.64. The fourth-order valence-electron chi connectivity index (χ4n) is 1.60. The van der Waals surface area contributed by atoms with Crippen LogP contribution in [0.4, 0.5) is 0 Å². The molecule has 0 aromatic heterocycles. The Morgan fingerprint density at radius 3 is 2.61 bits per heavy atom. The van der Waals surface area contributed by atoms with Crippen molar-refractivity contribution in [3.63, 3.8) is 0 Å². The molecule has 0 saturated heterocycles. The molecule has 18 heavy (non-hydrogen) atoms. The Morgan fingerprint density at radius 2 is 2.00 bits per heavy atom. The Hall–Kier alpha value is -0.560. The molecule has 0 spiro atoms. The number of nitrogens with one attached hydrogen (secondary N) is 1. The summed E-state index contributed by atoms with van der Waals surface area (Å²) in [6, 6.07) is 7.12. The number of sulfonamides is 1. The smallest absolute Gasteiger partial charge is 0.243 e. The van der Waals surface area contributed by atoms with Crippen molar-refractivity contribution in [3.05, 3.63) is 29.8 Å². The van der Waals surface area contributed by atoms with Gasteiger partial charge >= 0.3 is 0 Å². The Balaban J connectivity index is 3.04. The first-order chi connectivity index (χ1) is 8.54. The zero-order valence-electron chi connectivity index (χ0n) is 11.0. The molecule has 0 aliphatic carbocycles. The summed E-state index contributed by atoms with van der Waals surface area (Å²) in [5, 5.41) is 2.99. The van der Waals surface area contributed by atoms with Crippen LogP contribution < -0.4 is 5.32 Å². The van der Waals surface area contributed by atoms with Gasteiger partial charge in [-0.15, -0.1) is 0 Å². The van der Waals surface area contributed by atoms with Gasteiger partial charge in [-0.3, -0.25) is 0 Å². The number of rotatable bonds is 7. The first-order valence-electron chi connectivity index (χ1n) is 5.71. The predicted molar refractivity (Wildman–Crippen MR) is 77.4 cm³/mol. The van der Waals surface area contributed by atoms with Crippen LogP contribution in [0.1, 0.15) is 5.56 Å². The minimum absolute atomic E-state index is 0.392. The summed E-state index contributed by atoms with van der Waals surface area (Å²) in [7, 11) is 0.0490. The van der Waals surface area contributed by atoms with Crippen LogP contribution in [0.25, 0.3) is 0 Å². The monoisotopic (exact) mass is 288 g/mol. The minimum atomic E-state index is -3.38. The zero-order valence-corrected chi connectivity index (χ0v) is 12.6. The highest BCUT2D eigenvalue weighted by atomic mass is 32.2. The Kier molecular flexibility index (Phi) is 6.14. The van der Waals surface area contributed by atoms with Gasteiger partial charge in [-0.25, -0.2) is 12.7 Å². The Labute approximate surface area is 114 Å². The highest BCUT2D eigenvalue weighted by Gasteiger charge is 2.22. The summed E-state index contributed by atoms with van der Waals surface area (Å²) in [5.41, 5.74) is 0.802. The second kappa shape index (κ2) is 7.13. The normalized spacial score (nSPS) is 12.0. The van der Waals surface area contributed by atoms with Crippen LogP contribution in [0.3, 0.4) is 0 Å². The summed E-state index contributed by atoms with van der Waals surface area (Å²) in [4.78, 5) is 0.392. The van der Waals surface area contributed by atoms with Crippen molar-refractivity contribution in [1.82, 2.24) is 9.62 Å². The van der Waals surface area contributed by atoms with Gasteiger partial charge in [0.2, 0.25) is 10.0 Å².